The van der Waals surface area contributed by atoms with Crippen molar-refractivity contribution >= 4 is 19.0 Å². The maximum atomic E-state index is 3.99. The first-order valence-electron chi connectivity index (χ1n) is 8.49. The van der Waals surface area contributed by atoms with Gasteiger partial charge in [-0.2, -0.15) is 0 Å². The Kier molecular flexibility index (Phi) is 6.34. The molecule has 0 aliphatic rings. The molecule has 0 spiro atoms. The predicted octanol–water partition coefficient (Wildman–Crippen LogP) is 4.77. The zero-order valence-electron chi connectivity index (χ0n) is 14.6. The van der Waals surface area contributed by atoms with Gasteiger partial charge in [-0.3, -0.25) is 4.99 Å². The molecule has 0 N–H and O–H groups in total. The number of rotatable bonds is 6. The van der Waals surface area contributed by atoms with Crippen molar-refractivity contribution in [3.63, 3.8) is 0 Å². The van der Waals surface area contributed by atoms with Gasteiger partial charge in [-0.25, -0.2) is 0 Å². The van der Waals surface area contributed by atoms with Gasteiger partial charge in [0.25, 0.3) is 0 Å². The Balaban J connectivity index is 2.46. The molecule has 0 aromatic heterocycles. The highest BCUT2D eigenvalue weighted by Crippen LogP contribution is 2.22. The minimum absolute atomic E-state index is 1.12. The van der Waals surface area contributed by atoms with Crippen LogP contribution in [0, 0.1) is 13.8 Å². The SMILES string of the molecule is C=N/C=c1/cc(-c2cc(C)ccc2C)cc/c1=C/CCCCC. The molecule has 0 fully saturated rings. The van der Waals surface area contributed by atoms with E-state index in [0.29, 0.717) is 0 Å². The molecule has 1 nitrogen and oxygen atoms in total. The first kappa shape index (κ1) is 17.2. The number of unbranched alkanes of at least 4 members (excludes halogenated alkanes) is 3. The Hall–Kier alpha value is -2.15. The summed E-state index contributed by atoms with van der Waals surface area (Å²) < 4.78 is 0. The van der Waals surface area contributed by atoms with Crippen molar-refractivity contribution in [1.82, 2.24) is 0 Å². The molecule has 23 heavy (non-hydrogen) atoms. The number of aliphatic imine (C=N–C) groups is 1. The van der Waals surface area contributed by atoms with E-state index < -0.39 is 0 Å². The number of benzene rings is 2. The summed E-state index contributed by atoms with van der Waals surface area (Å²) in [6.45, 7) is 10.2. The number of hydrogen-bond donors (Lipinski definition) is 0. The van der Waals surface area contributed by atoms with Crippen molar-refractivity contribution in [2.75, 3.05) is 0 Å². The lowest BCUT2D eigenvalue weighted by atomic mass is 9.97. The summed E-state index contributed by atoms with van der Waals surface area (Å²) in [7, 11) is 0. The van der Waals surface area contributed by atoms with Crippen LogP contribution in [0.5, 0.6) is 0 Å². The quantitative estimate of drug-likeness (QED) is 0.538. The Labute approximate surface area is 140 Å². The van der Waals surface area contributed by atoms with Crippen LogP contribution in [0.15, 0.2) is 41.4 Å². The third-order valence-electron chi connectivity index (χ3n) is 4.19. The molecular formula is C22H27N. The fourth-order valence-corrected chi connectivity index (χ4v) is 2.84. The second-order valence-electron chi connectivity index (χ2n) is 6.17. The maximum Gasteiger partial charge on any atom is 0.0339 e. The van der Waals surface area contributed by atoms with Crippen LogP contribution in [0.4, 0.5) is 0 Å². The minimum Gasteiger partial charge on any atom is -0.272 e. The van der Waals surface area contributed by atoms with E-state index >= 15 is 0 Å². The molecule has 0 atom stereocenters. The highest BCUT2D eigenvalue weighted by atomic mass is 14.6. The van der Waals surface area contributed by atoms with E-state index in [1.54, 1.807) is 0 Å². The van der Waals surface area contributed by atoms with Crippen LogP contribution in [0.3, 0.4) is 0 Å². The Morgan fingerprint density at radius 1 is 1.00 bits per heavy atom. The van der Waals surface area contributed by atoms with Crippen molar-refractivity contribution in [1.29, 1.82) is 0 Å². The zero-order valence-corrected chi connectivity index (χ0v) is 14.6. The second kappa shape index (κ2) is 8.47. The average Bonchev–Trinajstić information content (AvgIpc) is 2.55. The lowest BCUT2D eigenvalue weighted by Gasteiger charge is -2.08. The molecule has 0 saturated heterocycles. The molecule has 0 saturated carbocycles. The second-order valence-corrected chi connectivity index (χ2v) is 6.17. The smallest absolute Gasteiger partial charge is 0.0339 e. The van der Waals surface area contributed by atoms with Gasteiger partial charge >= 0.3 is 0 Å². The van der Waals surface area contributed by atoms with E-state index in [1.807, 2.05) is 6.20 Å². The van der Waals surface area contributed by atoms with E-state index in [1.165, 1.54) is 46.7 Å². The summed E-state index contributed by atoms with van der Waals surface area (Å²) in [6.07, 6.45) is 9.09. The van der Waals surface area contributed by atoms with Crippen molar-refractivity contribution in [2.45, 2.75) is 46.5 Å². The normalized spacial score (nSPS) is 12.7. The van der Waals surface area contributed by atoms with Crippen LogP contribution in [0.2, 0.25) is 0 Å². The fraction of sp³-hybridized carbons (Fsp3) is 0.318. The van der Waals surface area contributed by atoms with Crippen LogP contribution in [0.25, 0.3) is 23.4 Å². The molecule has 120 valence electrons. The standard InChI is InChI=1S/C22H27N/c1-5-6-7-8-9-19-12-13-20(15-21(19)16-23-4)22-14-17(2)10-11-18(22)3/h9-16H,4-8H2,1-3H3/b19-9-,21-16-. The van der Waals surface area contributed by atoms with Gasteiger partial charge in [0.05, 0.1) is 0 Å². The topological polar surface area (TPSA) is 12.4 Å². The van der Waals surface area contributed by atoms with Crippen LogP contribution < -0.4 is 10.4 Å². The van der Waals surface area contributed by atoms with Crippen molar-refractivity contribution in [3.05, 3.63) is 58.0 Å². The molecule has 0 radical (unpaired) electrons. The molecule has 0 aliphatic heterocycles. The van der Waals surface area contributed by atoms with E-state index in [0.717, 1.165) is 11.6 Å². The maximum absolute atomic E-state index is 3.99. The van der Waals surface area contributed by atoms with Gasteiger partial charge in [-0.05, 0) is 61.4 Å². The number of aryl methyl sites for hydroxylation is 2. The van der Waals surface area contributed by atoms with E-state index in [2.05, 4.69) is 75.0 Å². The molecular weight excluding hydrogens is 278 g/mol. The van der Waals surface area contributed by atoms with Crippen molar-refractivity contribution in [2.24, 2.45) is 4.99 Å². The fourth-order valence-electron chi connectivity index (χ4n) is 2.84. The lowest BCUT2D eigenvalue weighted by Crippen LogP contribution is -2.24. The molecule has 2 aromatic carbocycles. The number of hydrogen-bond acceptors (Lipinski definition) is 1. The Bertz CT molecular complexity index is 784. The molecule has 0 amide bonds. The lowest BCUT2D eigenvalue weighted by molar-refractivity contribution is 0.740. The van der Waals surface area contributed by atoms with Crippen LogP contribution in [-0.4, -0.2) is 6.72 Å². The highest BCUT2D eigenvalue weighted by molar-refractivity contribution is 5.68. The van der Waals surface area contributed by atoms with Crippen LogP contribution in [-0.2, 0) is 0 Å². The largest absolute Gasteiger partial charge is 0.272 e. The average molecular weight is 305 g/mol. The van der Waals surface area contributed by atoms with Crippen molar-refractivity contribution in [3.8, 4) is 11.1 Å². The van der Waals surface area contributed by atoms with Gasteiger partial charge in [0.15, 0.2) is 0 Å². The third-order valence-corrected chi connectivity index (χ3v) is 4.19. The van der Waals surface area contributed by atoms with Crippen LogP contribution in [0.1, 0.15) is 43.7 Å². The van der Waals surface area contributed by atoms with Crippen LogP contribution >= 0.6 is 0 Å². The molecule has 0 unspecified atom stereocenters. The summed E-state index contributed by atoms with van der Waals surface area (Å²) in [5.74, 6) is 0. The highest BCUT2D eigenvalue weighted by Gasteiger charge is 2.02. The zero-order chi connectivity index (χ0) is 16.7. The Morgan fingerprint density at radius 2 is 1.83 bits per heavy atom. The van der Waals surface area contributed by atoms with Crippen molar-refractivity contribution < 1.29 is 0 Å². The van der Waals surface area contributed by atoms with Gasteiger partial charge in [0, 0.05) is 11.4 Å². The van der Waals surface area contributed by atoms with Gasteiger partial charge in [-0.15, -0.1) is 0 Å². The van der Waals surface area contributed by atoms with Gasteiger partial charge < -0.3 is 0 Å². The summed E-state index contributed by atoms with van der Waals surface area (Å²) >= 11 is 0. The molecule has 1 heteroatoms. The number of nitrogens with zero attached hydrogens (tertiary/aromatic N) is 1. The summed E-state index contributed by atoms with van der Waals surface area (Å²) in [5, 5.41) is 2.40. The minimum atomic E-state index is 1.12. The first-order valence-corrected chi connectivity index (χ1v) is 8.49. The monoisotopic (exact) mass is 305 g/mol. The summed E-state index contributed by atoms with van der Waals surface area (Å²) in [5.41, 5.74) is 5.12. The third kappa shape index (κ3) is 4.66. The molecule has 0 bridgehead atoms. The molecule has 2 rings (SSSR count). The first-order chi connectivity index (χ1) is 11.2. The van der Waals surface area contributed by atoms with E-state index in [-0.39, 0.29) is 0 Å². The van der Waals surface area contributed by atoms with Gasteiger partial charge in [0.1, 0.15) is 0 Å². The summed E-state index contributed by atoms with van der Waals surface area (Å²) in [6, 6.07) is 13.2. The molecule has 0 aliphatic carbocycles. The van der Waals surface area contributed by atoms with Gasteiger partial charge in [-0.1, -0.05) is 61.7 Å². The van der Waals surface area contributed by atoms with Gasteiger partial charge in [0.2, 0.25) is 0 Å². The molecule has 0 heterocycles. The van der Waals surface area contributed by atoms with E-state index in [9.17, 15) is 0 Å². The summed E-state index contributed by atoms with van der Waals surface area (Å²) in [4.78, 5) is 3.99. The van der Waals surface area contributed by atoms with E-state index in [4.69, 9.17) is 0 Å². The predicted molar refractivity (Wildman–Crippen MR) is 103 cm³/mol. The Morgan fingerprint density at radius 3 is 2.57 bits per heavy atom. The molecule has 2 aromatic rings.